The van der Waals surface area contributed by atoms with Crippen molar-refractivity contribution in [2.24, 2.45) is 0 Å². The second kappa shape index (κ2) is 6.37. The van der Waals surface area contributed by atoms with Crippen LogP contribution in [-0.4, -0.2) is 32.6 Å². The SMILES string of the molecule is Cc1cc([C@@H]2CCCN2C(=O)CCc2nc(C(C)(C)C)no2)no1. The summed E-state index contributed by atoms with van der Waals surface area (Å²) in [6.45, 7) is 8.71. The van der Waals surface area contributed by atoms with Crippen LogP contribution in [0.5, 0.6) is 0 Å². The second-order valence-electron chi connectivity index (χ2n) is 7.37. The molecular formula is C17H24N4O3. The molecule has 0 aromatic carbocycles. The minimum atomic E-state index is -0.156. The molecule has 1 aliphatic rings. The molecule has 2 aromatic heterocycles. The third kappa shape index (κ3) is 3.49. The van der Waals surface area contributed by atoms with Crippen LogP contribution in [0.3, 0.4) is 0 Å². The minimum Gasteiger partial charge on any atom is -0.361 e. The van der Waals surface area contributed by atoms with Gasteiger partial charge >= 0.3 is 0 Å². The Kier molecular flexibility index (Phi) is 4.43. The topological polar surface area (TPSA) is 85.3 Å². The third-order valence-electron chi connectivity index (χ3n) is 4.25. The van der Waals surface area contributed by atoms with Crippen molar-refractivity contribution < 1.29 is 13.8 Å². The van der Waals surface area contributed by atoms with E-state index >= 15 is 0 Å². The summed E-state index contributed by atoms with van der Waals surface area (Å²) in [5, 5.41) is 8.06. The van der Waals surface area contributed by atoms with E-state index in [0.29, 0.717) is 24.6 Å². The van der Waals surface area contributed by atoms with Gasteiger partial charge in [-0.05, 0) is 19.8 Å². The summed E-state index contributed by atoms with van der Waals surface area (Å²) >= 11 is 0. The second-order valence-corrected chi connectivity index (χ2v) is 7.37. The summed E-state index contributed by atoms with van der Waals surface area (Å²) in [4.78, 5) is 18.9. The van der Waals surface area contributed by atoms with Gasteiger partial charge in [0.1, 0.15) is 11.5 Å². The van der Waals surface area contributed by atoms with Crippen molar-refractivity contribution in [3.63, 3.8) is 0 Å². The molecule has 7 heteroatoms. The average molecular weight is 332 g/mol. The molecule has 0 saturated carbocycles. The number of hydrogen-bond donors (Lipinski definition) is 0. The molecule has 0 aliphatic carbocycles. The summed E-state index contributed by atoms with van der Waals surface area (Å²) in [6.07, 6.45) is 2.73. The lowest BCUT2D eigenvalue weighted by Crippen LogP contribution is -2.30. The van der Waals surface area contributed by atoms with Crippen LogP contribution in [0.4, 0.5) is 0 Å². The average Bonchev–Trinajstić information content (AvgIpc) is 3.23. The maximum atomic E-state index is 12.6. The first kappa shape index (κ1) is 16.7. The van der Waals surface area contributed by atoms with E-state index in [4.69, 9.17) is 9.05 Å². The quantitative estimate of drug-likeness (QED) is 0.855. The zero-order valence-corrected chi connectivity index (χ0v) is 14.7. The molecule has 3 heterocycles. The zero-order valence-electron chi connectivity index (χ0n) is 14.7. The minimum absolute atomic E-state index is 0.0165. The highest BCUT2D eigenvalue weighted by Gasteiger charge is 2.32. The van der Waals surface area contributed by atoms with Crippen molar-refractivity contribution in [3.8, 4) is 0 Å². The van der Waals surface area contributed by atoms with Crippen LogP contribution in [0.2, 0.25) is 0 Å². The van der Waals surface area contributed by atoms with Gasteiger partial charge in [-0.3, -0.25) is 4.79 Å². The Morgan fingerprint density at radius 3 is 2.75 bits per heavy atom. The van der Waals surface area contributed by atoms with E-state index in [-0.39, 0.29) is 17.4 Å². The molecule has 0 unspecified atom stereocenters. The molecule has 3 rings (SSSR count). The fourth-order valence-corrected chi connectivity index (χ4v) is 2.93. The van der Waals surface area contributed by atoms with Gasteiger partial charge in [0.05, 0.1) is 6.04 Å². The van der Waals surface area contributed by atoms with Gasteiger partial charge in [0, 0.05) is 30.9 Å². The predicted octanol–water partition coefficient (Wildman–Crippen LogP) is 2.96. The molecular weight excluding hydrogens is 308 g/mol. The van der Waals surface area contributed by atoms with Crippen molar-refractivity contribution in [2.75, 3.05) is 6.54 Å². The van der Waals surface area contributed by atoms with Gasteiger partial charge in [-0.2, -0.15) is 4.98 Å². The highest BCUT2D eigenvalue weighted by Crippen LogP contribution is 2.32. The highest BCUT2D eigenvalue weighted by atomic mass is 16.5. The maximum absolute atomic E-state index is 12.6. The molecule has 1 fully saturated rings. The lowest BCUT2D eigenvalue weighted by Gasteiger charge is -2.22. The molecule has 130 valence electrons. The van der Waals surface area contributed by atoms with Gasteiger partial charge in [-0.25, -0.2) is 0 Å². The number of hydrogen-bond acceptors (Lipinski definition) is 6. The first-order valence-corrected chi connectivity index (χ1v) is 8.40. The number of rotatable bonds is 4. The molecule has 0 spiro atoms. The summed E-state index contributed by atoms with van der Waals surface area (Å²) in [5.74, 6) is 2.04. The number of carbonyl (C=O) groups is 1. The summed E-state index contributed by atoms with van der Waals surface area (Å²) < 4.78 is 10.4. The van der Waals surface area contributed by atoms with Gasteiger partial charge in [0.2, 0.25) is 11.8 Å². The van der Waals surface area contributed by atoms with E-state index in [1.54, 1.807) is 0 Å². The fraction of sp³-hybridized carbons (Fsp3) is 0.647. The van der Waals surface area contributed by atoms with Crippen molar-refractivity contribution in [3.05, 3.63) is 29.2 Å². The van der Waals surface area contributed by atoms with E-state index in [2.05, 4.69) is 15.3 Å². The first-order valence-electron chi connectivity index (χ1n) is 8.40. The lowest BCUT2D eigenvalue weighted by molar-refractivity contribution is -0.132. The Hall–Kier alpha value is -2.18. The van der Waals surface area contributed by atoms with Gasteiger partial charge in [-0.1, -0.05) is 31.1 Å². The molecule has 0 radical (unpaired) electrons. The molecule has 0 N–H and O–H groups in total. The fourth-order valence-electron chi connectivity index (χ4n) is 2.93. The molecule has 1 amide bonds. The van der Waals surface area contributed by atoms with Crippen LogP contribution in [-0.2, 0) is 16.6 Å². The van der Waals surface area contributed by atoms with E-state index in [9.17, 15) is 4.79 Å². The predicted molar refractivity (Wildman–Crippen MR) is 86.2 cm³/mol. The van der Waals surface area contributed by atoms with Gasteiger partial charge in [0.25, 0.3) is 0 Å². The summed E-state index contributed by atoms with van der Waals surface area (Å²) in [6, 6.07) is 1.92. The van der Waals surface area contributed by atoms with Gasteiger partial charge < -0.3 is 13.9 Å². The summed E-state index contributed by atoms with van der Waals surface area (Å²) in [5.41, 5.74) is 0.683. The molecule has 1 atom stereocenters. The molecule has 1 aliphatic heterocycles. The van der Waals surface area contributed by atoms with Crippen molar-refractivity contribution in [2.45, 2.75) is 64.8 Å². The number of amides is 1. The molecule has 0 bridgehead atoms. The number of nitrogens with zero attached hydrogens (tertiary/aromatic N) is 4. The number of likely N-dealkylation sites (tertiary alicyclic amines) is 1. The van der Waals surface area contributed by atoms with Crippen LogP contribution in [0.15, 0.2) is 15.1 Å². The largest absolute Gasteiger partial charge is 0.361 e. The Morgan fingerprint density at radius 1 is 1.33 bits per heavy atom. The molecule has 24 heavy (non-hydrogen) atoms. The highest BCUT2D eigenvalue weighted by molar-refractivity contribution is 5.77. The Bertz CT molecular complexity index is 713. The normalized spacial score (nSPS) is 18.3. The molecule has 7 nitrogen and oxygen atoms in total. The van der Waals surface area contributed by atoms with E-state index in [1.807, 2.05) is 38.7 Å². The van der Waals surface area contributed by atoms with Crippen molar-refractivity contribution in [1.82, 2.24) is 20.2 Å². The van der Waals surface area contributed by atoms with Crippen LogP contribution >= 0.6 is 0 Å². The van der Waals surface area contributed by atoms with Crippen LogP contribution in [0.25, 0.3) is 0 Å². The zero-order chi connectivity index (χ0) is 17.3. The third-order valence-corrected chi connectivity index (χ3v) is 4.25. The number of aryl methyl sites for hydroxylation is 2. The van der Waals surface area contributed by atoms with Gasteiger partial charge in [-0.15, -0.1) is 0 Å². The van der Waals surface area contributed by atoms with E-state index in [1.165, 1.54) is 0 Å². The molecule has 2 aromatic rings. The van der Waals surface area contributed by atoms with Crippen molar-refractivity contribution in [1.29, 1.82) is 0 Å². The summed E-state index contributed by atoms with van der Waals surface area (Å²) in [7, 11) is 0. The monoisotopic (exact) mass is 332 g/mol. The first-order chi connectivity index (χ1) is 11.3. The Labute approximate surface area is 141 Å². The standard InChI is InChI=1S/C17H24N4O3/c1-11-10-12(19-23-11)13-6-5-9-21(13)15(22)8-7-14-18-16(20-24-14)17(2,3)4/h10,13H,5-9H2,1-4H3/t13-/m0/s1. The Balaban J connectivity index is 1.61. The van der Waals surface area contributed by atoms with Crippen molar-refractivity contribution >= 4 is 5.91 Å². The van der Waals surface area contributed by atoms with Gasteiger partial charge in [0.15, 0.2) is 5.82 Å². The molecule has 1 saturated heterocycles. The number of carbonyl (C=O) groups excluding carboxylic acids is 1. The maximum Gasteiger partial charge on any atom is 0.227 e. The van der Waals surface area contributed by atoms with E-state index < -0.39 is 0 Å². The van der Waals surface area contributed by atoms with E-state index in [0.717, 1.165) is 30.8 Å². The smallest absolute Gasteiger partial charge is 0.227 e. The van der Waals surface area contributed by atoms with Crippen LogP contribution < -0.4 is 0 Å². The Morgan fingerprint density at radius 2 is 2.12 bits per heavy atom. The number of aromatic nitrogens is 3. The lowest BCUT2D eigenvalue weighted by atomic mass is 9.96. The van der Waals surface area contributed by atoms with Crippen LogP contribution in [0.1, 0.15) is 69.2 Å². The van der Waals surface area contributed by atoms with Crippen LogP contribution in [0, 0.1) is 6.92 Å².